The van der Waals surface area contributed by atoms with Crippen molar-refractivity contribution in [3.63, 3.8) is 0 Å². The Balaban J connectivity index is 1.48. The summed E-state index contributed by atoms with van der Waals surface area (Å²) < 4.78 is 0. The Kier molecular flexibility index (Phi) is 4.92. The second-order valence-corrected chi connectivity index (χ2v) is 7.25. The van der Waals surface area contributed by atoms with Gasteiger partial charge in [0.25, 0.3) is 0 Å². The summed E-state index contributed by atoms with van der Waals surface area (Å²) >= 11 is 0. The van der Waals surface area contributed by atoms with Crippen LogP contribution in [0.4, 0.5) is 21.9 Å². The van der Waals surface area contributed by atoms with Gasteiger partial charge in [0, 0.05) is 56.3 Å². The zero-order valence-corrected chi connectivity index (χ0v) is 15.9. The lowest BCUT2D eigenvalue weighted by Crippen LogP contribution is -2.44. The number of benzene rings is 2. The molecule has 0 aromatic heterocycles. The summed E-state index contributed by atoms with van der Waals surface area (Å²) in [6.45, 7) is 5.22. The predicted molar refractivity (Wildman–Crippen MR) is 110 cm³/mol. The average Bonchev–Trinajstić information content (AvgIpc) is 3.10. The van der Waals surface area contributed by atoms with Gasteiger partial charge in [0.15, 0.2) is 0 Å². The minimum Gasteiger partial charge on any atom is -0.478 e. The van der Waals surface area contributed by atoms with Gasteiger partial charge in [-0.1, -0.05) is 6.07 Å². The molecule has 0 unspecified atom stereocenters. The van der Waals surface area contributed by atoms with E-state index in [1.807, 2.05) is 12.1 Å². The Morgan fingerprint density at radius 1 is 0.821 bits per heavy atom. The third kappa shape index (κ3) is 3.53. The first-order valence-electron chi connectivity index (χ1n) is 9.49. The molecule has 0 aliphatic carbocycles. The van der Waals surface area contributed by atoms with Crippen molar-refractivity contribution in [3.05, 3.63) is 54.1 Å². The summed E-state index contributed by atoms with van der Waals surface area (Å²) in [7, 11) is 2.14. The van der Waals surface area contributed by atoms with E-state index in [1.54, 1.807) is 28.0 Å². The van der Waals surface area contributed by atoms with Crippen molar-refractivity contribution in [3.8, 4) is 0 Å². The van der Waals surface area contributed by atoms with Gasteiger partial charge in [-0.3, -0.25) is 9.80 Å². The van der Waals surface area contributed by atoms with Crippen molar-refractivity contribution in [1.82, 2.24) is 4.90 Å². The number of amides is 2. The van der Waals surface area contributed by atoms with Crippen molar-refractivity contribution in [2.45, 2.75) is 0 Å². The molecule has 2 aliphatic rings. The van der Waals surface area contributed by atoms with Crippen LogP contribution in [0.15, 0.2) is 48.5 Å². The van der Waals surface area contributed by atoms with Crippen LogP contribution < -0.4 is 14.7 Å². The van der Waals surface area contributed by atoms with Gasteiger partial charge in [-0.15, -0.1) is 0 Å². The molecule has 0 spiro atoms. The highest BCUT2D eigenvalue weighted by Gasteiger charge is 2.31. The van der Waals surface area contributed by atoms with Gasteiger partial charge in [-0.25, -0.2) is 9.59 Å². The Morgan fingerprint density at radius 3 is 2.07 bits per heavy atom. The summed E-state index contributed by atoms with van der Waals surface area (Å²) in [6, 6.07) is 14.5. The van der Waals surface area contributed by atoms with Gasteiger partial charge in [0.2, 0.25) is 0 Å². The van der Waals surface area contributed by atoms with Gasteiger partial charge >= 0.3 is 12.0 Å². The van der Waals surface area contributed by atoms with Gasteiger partial charge in [0.1, 0.15) is 0 Å². The Bertz CT molecular complexity index is 875. The molecule has 7 nitrogen and oxygen atoms in total. The van der Waals surface area contributed by atoms with Crippen LogP contribution in [0.2, 0.25) is 0 Å². The van der Waals surface area contributed by atoms with E-state index in [9.17, 15) is 14.7 Å². The first-order valence-corrected chi connectivity index (χ1v) is 9.49. The van der Waals surface area contributed by atoms with E-state index in [0.717, 1.165) is 31.9 Å². The molecule has 0 saturated carbocycles. The van der Waals surface area contributed by atoms with Crippen LogP contribution in [0.5, 0.6) is 0 Å². The molecule has 4 rings (SSSR count). The van der Waals surface area contributed by atoms with Crippen molar-refractivity contribution in [2.75, 3.05) is 61.0 Å². The number of carboxylic acids is 1. The molecular formula is C21H24N4O3. The highest BCUT2D eigenvalue weighted by molar-refractivity contribution is 6.06. The summed E-state index contributed by atoms with van der Waals surface area (Å²) in [6.07, 6.45) is 0. The molecule has 0 atom stereocenters. The maximum atomic E-state index is 12.9. The minimum atomic E-state index is -0.996. The van der Waals surface area contributed by atoms with E-state index >= 15 is 0 Å². The number of piperazine rings is 1. The number of nitrogens with zero attached hydrogens (tertiary/aromatic N) is 4. The fourth-order valence-corrected chi connectivity index (χ4v) is 3.73. The van der Waals surface area contributed by atoms with Crippen molar-refractivity contribution < 1.29 is 14.7 Å². The Labute approximate surface area is 164 Å². The van der Waals surface area contributed by atoms with E-state index in [2.05, 4.69) is 29.0 Å². The molecule has 2 saturated heterocycles. The first kappa shape index (κ1) is 18.3. The Morgan fingerprint density at radius 2 is 1.43 bits per heavy atom. The molecule has 28 heavy (non-hydrogen) atoms. The van der Waals surface area contributed by atoms with Crippen molar-refractivity contribution in [1.29, 1.82) is 0 Å². The van der Waals surface area contributed by atoms with Crippen LogP contribution in [-0.2, 0) is 0 Å². The smallest absolute Gasteiger partial charge is 0.335 e. The molecule has 2 fully saturated rings. The van der Waals surface area contributed by atoms with E-state index in [1.165, 1.54) is 11.8 Å². The van der Waals surface area contributed by atoms with Crippen LogP contribution in [0.25, 0.3) is 0 Å². The molecule has 7 heteroatoms. The molecule has 2 aromatic rings. The number of urea groups is 1. The lowest BCUT2D eigenvalue weighted by atomic mass is 10.2. The zero-order valence-electron chi connectivity index (χ0n) is 15.9. The summed E-state index contributed by atoms with van der Waals surface area (Å²) in [5, 5.41) is 9.18. The quantitative estimate of drug-likeness (QED) is 0.883. The zero-order chi connectivity index (χ0) is 19.7. The summed E-state index contributed by atoms with van der Waals surface area (Å²) in [5.41, 5.74) is 2.83. The lowest BCUT2D eigenvalue weighted by molar-refractivity contribution is 0.0697. The van der Waals surface area contributed by atoms with Crippen LogP contribution in [0.1, 0.15) is 10.4 Å². The average molecular weight is 380 g/mol. The summed E-state index contributed by atoms with van der Waals surface area (Å²) in [5.74, 6) is -0.996. The number of aromatic carboxylic acids is 1. The Hall–Kier alpha value is -3.06. The predicted octanol–water partition coefficient (Wildman–Crippen LogP) is 2.58. The number of carbonyl (C=O) groups excluding carboxylic acids is 1. The van der Waals surface area contributed by atoms with Crippen LogP contribution in [-0.4, -0.2) is 68.3 Å². The third-order valence-corrected chi connectivity index (χ3v) is 5.44. The standard InChI is InChI=1S/C21H24N4O3/c1-22-9-11-23(12-10-22)17-5-7-18(8-6-17)24-13-14-25(21(24)28)19-4-2-3-16(15-19)20(26)27/h2-8,15H,9-14H2,1H3,(H,26,27). The van der Waals surface area contributed by atoms with Gasteiger partial charge in [-0.05, 0) is 49.5 Å². The van der Waals surface area contributed by atoms with Gasteiger partial charge in [0.05, 0.1) is 5.56 Å². The second-order valence-electron chi connectivity index (χ2n) is 7.25. The van der Waals surface area contributed by atoms with Crippen molar-refractivity contribution in [2.24, 2.45) is 0 Å². The fraction of sp³-hybridized carbons (Fsp3) is 0.333. The monoisotopic (exact) mass is 380 g/mol. The molecule has 0 bridgehead atoms. The molecule has 0 radical (unpaired) electrons. The fourth-order valence-electron chi connectivity index (χ4n) is 3.73. The number of carbonyl (C=O) groups is 2. The van der Waals surface area contributed by atoms with E-state index in [0.29, 0.717) is 18.8 Å². The molecule has 146 valence electrons. The molecule has 2 aliphatic heterocycles. The second kappa shape index (κ2) is 7.52. The molecular weight excluding hydrogens is 356 g/mol. The van der Waals surface area contributed by atoms with E-state index in [4.69, 9.17) is 0 Å². The van der Waals surface area contributed by atoms with E-state index in [-0.39, 0.29) is 11.6 Å². The normalized spacial score (nSPS) is 18.0. The number of likely N-dealkylation sites (N-methyl/N-ethyl adjacent to an activating group) is 1. The summed E-state index contributed by atoms with van der Waals surface area (Å²) in [4.78, 5) is 32.1. The van der Waals surface area contributed by atoms with Crippen LogP contribution in [0, 0.1) is 0 Å². The largest absolute Gasteiger partial charge is 0.478 e. The molecule has 2 amide bonds. The highest BCUT2D eigenvalue weighted by atomic mass is 16.4. The maximum absolute atomic E-state index is 12.9. The minimum absolute atomic E-state index is 0.130. The molecule has 1 N–H and O–H groups in total. The number of carboxylic acid groups (broad SMARTS) is 1. The third-order valence-electron chi connectivity index (χ3n) is 5.44. The molecule has 2 heterocycles. The topological polar surface area (TPSA) is 67.3 Å². The number of anilines is 3. The van der Waals surface area contributed by atoms with Gasteiger partial charge in [-0.2, -0.15) is 0 Å². The van der Waals surface area contributed by atoms with Crippen LogP contribution >= 0.6 is 0 Å². The first-order chi connectivity index (χ1) is 13.5. The van der Waals surface area contributed by atoms with Crippen LogP contribution in [0.3, 0.4) is 0 Å². The lowest BCUT2D eigenvalue weighted by Gasteiger charge is -2.34. The SMILES string of the molecule is CN1CCN(c2ccc(N3CCN(c4cccc(C(=O)O)c4)C3=O)cc2)CC1. The van der Waals surface area contributed by atoms with Gasteiger partial charge < -0.3 is 14.9 Å². The maximum Gasteiger partial charge on any atom is 0.335 e. The van der Waals surface area contributed by atoms with E-state index < -0.39 is 5.97 Å². The highest BCUT2D eigenvalue weighted by Crippen LogP contribution is 2.28. The number of hydrogen-bond donors (Lipinski definition) is 1. The number of rotatable bonds is 4. The van der Waals surface area contributed by atoms with Crippen molar-refractivity contribution >= 4 is 29.1 Å². The molecule has 2 aromatic carbocycles. The number of hydrogen-bond acceptors (Lipinski definition) is 4.